The van der Waals surface area contributed by atoms with Crippen LogP contribution in [0.2, 0.25) is 0 Å². The van der Waals surface area contributed by atoms with Gasteiger partial charge in [-0.1, -0.05) is 39.0 Å². The second-order valence-corrected chi connectivity index (χ2v) is 5.30. The van der Waals surface area contributed by atoms with E-state index in [1.165, 1.54) is 31.7 Å². The molecule has 0 saturated carbocycles. The number of halogens is 3. The van der Waals surface area contributed by atoms with E-state index < -0.39 is 11.6 Å². The summed E-state index contributed by atoms with van der Waals surface area (Å²) in [7, 11) is 0. The summed E-state index contributed by atoms with van der Waals surface area (Å²) < 4.78 is 26.7. The van der Waals surface area contributed by atoms with Gasteiger partial charge in [0.1, 0.15) is 11.6 Å². The van der Waals surface area contributed by atoms with Crippen molar-refractivity contribution >= 4 is 21.6 Å². The molecule has 1 aromatic carbocycles. The Morgan fingerprint density at radius 3 is 2.39 bits per heavy atom. The highest BCUT2D eigenvalue weighted by Crippen LogP contribution is 2.23. The summed E-state index contributed by atoms with van der Waals surface area (Å²) in [5.74, 6) is -1.11. The molecule has 0 aliphatic rings. The van der Waals surface area contributed by atoms with Gasteiger partial charge < -0.3 is 5.32 Å². The molecule has 1 nitrogen and oxygen atoms in total. The fourth-order valence-electron chi connectivity index (χ4n) is 1.79. The second-order valence-electron chi connectivity index (χ2n) is 4.44. The van der Waals surface area contributed by atoms with Crippen LogP contribution in [0, 0.1) is 11.6 Å². The quantitative estimate of drug-likeness (QED) is 0.492. The Bertz CT molecular complexity index is 369. The normalized spacial score (nSPS) is 10.7. The van der Waals surface area contributed by atoms with Crippen LogP contribution in [0.3, 0.4) is 0 Å². The molecule has 4 heteroatoms. The van der Waals surface area contributed by atoms with E-state index in [1.807, 2.05) is 0 Å². The lowest BCUT2D eigenvalue weighted by Gasteiger charge is -2.08. The van der Waals surface area contributed by atoms with Gasteiger partial charge in [-0.25, -0.2) is 8.78 Å². The molecule has 1 N–H and O–H groups in total. The molecule has 0 saturated heterocycles. The third kappa shape index (κ3) is 5.34. The van der Waals surface area contributed by atoms with Crippen LogP contribution in [-0.4, -0.2) is 6.54 Å². The minimum atomic E-state index is -0.572. The Hall–Kier alpha value is -0.640. The number of unbranched alkanes of at least 4 members (excludes halogenated alkanes) is 5. The van der Waals surface area contributed by atoms with Crippen LogP contribution in [-0.2, 0) is 0 Å². The molecule has 1 rings (SSSR count). The fraction of sp³-hybridized carbons (Fsp3) is 0.571. The number of hydrogen-bond donors (Lipinski definition) is 1. The van der Waals surface area contributed by atoms with E-state index in [0.29, 0.717) is 5.69 Å². The fourth-order valence-corrected chi connectivity index (χ4v) is 2.13. The lowest BCUT2D eigenvalue weighted by molar-refractivity contribution is 0.579. The van der Waals surface area contributed by atoms with Gasteiger partial charge in [-0.3, -0.25) is 0 Å². The lowest BCUT2D eigenvalue weighted by Crippen LogP contribution is -2.04. The van der Waals surface area contributed by atoms with E-state index >= 15 is 0 Å². The maximum atomic E-state index is 13.4. The van der Waals surface area contributed by atoms with E-state index in [0.717, 1.165) is 25.5 Å². The van der Waals surface area contributed by atoms with Crippen molar-refractivity contribution in [2.45, 2.75) is 45.4 Å². The van der Waals surface area contributed by atoms with Gasteiger partial charge in [0, 0.05) is 12.6 Å². The van der Waals surface area contributed by atoms with E-state index in [4.69, 9.17) is 0 Å². The third-order valence-electron chi connectivity index (χ3n) is 2.86. The van der Waals surface area contributed by atoms with Crippen LogP contribution < -0.4 is 5.32 Å². The zero-order chi connectivity index (χ0) is 13.4. The average molecular weight is 320 g/mol. The Labute approximate surface area is 116 Å². The van der Waals surface area contributed by atoms with Crippen molar-refractivity contribution in [2.75, 3.05) is 11.9 Å². The van der Waals surface area contributed by atoms with Crippen molar-refractivity contribution < 1.29 is 8.78 Å². The minimum Gasteiger partial charge on any atom is -0.383 e. The van der Waals surface area contributed by atoms with Crippen LogP contribution in [0.5, 0.6) is 0 Å². The SMILES string of the molecule is CCCCCCCCNc1cc(Br)c(F)cc1F. The van der Waals surface area contributed by atoms with Crippen LogP contribution >= 0.6 is 15.9 Å². The van der Waals surface area contributed by atoms with Gasteiger partial charge in [-0.05, 0) is 28.4 Å². The zero-order valence-electron chi connectivity index (χ0n) is 10.7. The first-order valence-corrected chi connectivity index (χ1v) is 7.33. The standard InChI is InChI=1S/C14H20BrF2N/c1-2-3-4-5-6-7-8-18-14-9-11(15)12(16)10-13(14)17/h9-10,18H,2-8H2,1H3. The molecule has 102 valence electrons. The maximum Gasteiger partial charge on any atom is 0.149 e. The first kappa shape index (κ1) is 15.4. The summed E-state index contributed by atoms with van der Waals surface area (Å²) in [5.41, 5.74) is 0.358. The Morgan fingerprint density at radius 1 is 1.00 bits per heavy atom. The van der Waals surface area contributed by atoms with Crippen molar-refractivity contribution in [1.82, 2.24) is 0 Å². The van der Waals surface area contributed by atoms with Crippen molar-refractivity contribution in [3.8, 4) is 0 Å². The molecule has 1 aromatic rings. The van der Waals surface area contributed by atoms with E-state index in [2.05, 4.69) is 28.2 Å². The number of rotatable bonds is 8. The first-order chi connectivity index (χ1) is 8.65. The molecule has 0 radical (unpaired) electrons. The van der Waals surface area contributed by atoms with Crippen LogP contribution in [0.25, 0.3) is 0 Å². The molecule has 0 aromatic heterocycles. The van der Waals surface area contributed by atoms with Gasteiger partial charge in [0.25, 0.3) is 0 Å². The molecular weight excluding hydrogens is 300 g/mol. The summed E-state index contributed by atoms with van der Waals surface area (Å²) >= 11 is 3.05. The maximum absolute atomic E-state index is 13.4. The van der Waals surface area contributed by atoms with E-state index in [-0.39, 0.29) is 4.47 Å². The Balaban J connectivity index is 2.25. The highest BCUT2D eigenvalue weighted by atomic mass is 79.9. The Kier molecular flexibility index (Phi) is 7.25. The summed E-state index contributed by atoms with van der Waals surface area (Å²) in [4.78, 5) is 0. The van der Waals surface area contributed by atoms with Gasteiger partial charge in [-0.2, -0.15) is 0 Å². The lowest BCUT2D eigenvalue weighted by atomic mass is 10.1. The van der Waals surface area contributed by atoms with Crippen molar-refractivity contribution in [2.24, 2.45) is 0 Å². The van der Waals surface area contributed by atoms with Crippen molar-refractivity contribution in [3.63, 3.8) is 0 Å². The molecule has 18 heavy (non-hydrogen) atoms. The monoisotopic (exact) mass is 319 g/mol. The van der Waals surface area contributed by atoms with Crippen molar-refractivity contribution in [3.05, 3.63) is 28.2 Å². The highest BCUT2D eigenvalue weighted by molar-refractivity contribution is 9.10. The molecule has 0 spiro atoms. The van der Waals surface area contributed by atoms with Crippen molar-refractivity contribution in [1.29, 1.82) is 0 Å². The highest BCUT2D eigenvalue weighted by Gasteiger charge is 2.07. The zero-order valence-corrected chi connectivity index (χ0v) is 12.3. The average Bonchev–Trinajstić information content (AvgIpc) is 2.34. The van der Waals surface area contributed by atoms with Gasteiger partial charge in [-0.15, -0.1) is 0 Å². The predicted octanol–water partition coefficient (Wildman–Crippen LogP) is 5.50. The van der Waals surface area contributed by atoms with Gasteiger partial charge in [0.05, 0.1) is 10.2 Å². The van der Waals surface area contributed by atoms with Crippen LogP contribution in [0.15, 0.2) is 16.6 Å². The van der Waals surface area contributed by atoms with Gasteiger partial charge >= 0.3 is 0 Å². The van der Waals surface area contributed by atoms with Crippen LogP contribution in [0.4, 0.5) is 14.5 Å². The predicted molar refractivity (Wildman–Crippen MR) is 75.9 cm³/mol. The van der Waals surface area contributed by atoms with Gasteiger partial charge in [0.2, 0.25) is 0 Å². The number of nitrogens with one attached hydrogen (secondary N) is 1. The molecule has 0 bridgehead atoms. The molecule has 0 fully saturated rings. The third-order valence-corrected chi connectivity index (χ3v) is 3.46. The molecule has 0 amide bonds. The minimum absolute atomic E-state index is 0.286. The molecule has 0 heterocycles. The largest absolute Gasteiger partial charge is 0.383 e. The summed E-state index contributed by atoms with van der Waals surface area (Å²) in [6.07, 6.45) is 7.19. The van der Waals surface area contributed by atoms with E-state index in [1.54, 1.807) is 0 Å². The molecule has 0 unspecified atom stereocenters. The smallest absolute Gasteiger partial charge is 0.149 e. The molecule has 0 atom stereocenters. The summed E-state index contributed by atoms with van der Waals surface area (Å²) in [6.45, 7) is 2.91. The topological polar surface area (TPSA) is 12.0 Å². The van der Waals surface area contributed by atoms with Crippen LogP contribution in [0.1, 0.15) is 45.4 Å². The van der Waals surface area contributed by atoms with Gasteiger partial charge in [0.15, 0.2) is 0 Å². The number of hydrogen-bond acceptors (Lipinski definition) is 1. The number of benzene rings is 1. The molecule has 0 aliphatic carbocycles. The summed E-state index contributed by atoms with van der Waals surface area (Å²) in [6, 6.07) is 2.34. The van der Waals surface area contributed by atoms with E-state index in [9.17, 15) is 8.78 Å². The first-order valence-electron chi connectivity index (χ1n) is 6.53. The Morgan fingerprint density at radius 2 is 1.67 bits per heavy atom. The summed E-state index contributed by atoms with van der Waals surface area (Å²) in [5, 5.41) is 3.00. The molecule has 0 aliphatic heterocycles. The second kappa shape index (κ2) is 8.46. The molecular formula is C14H20BrF2N. The number of anilines is 1.